The predicted molar refractivity (Wildman–Crippen MR) is 137 cm³/mol. The molecule has 1 heterocycles. The molecule has 1 aliphatic heterocycles. The Labute approximate surface area is 205 Å². The Morgan fingerprint density at radius 1 is 1.00 bits per heavy atom. The van der Waals surface area contributed by atoms with Crippen LogP contribution in [0.1, 0.15) is 55.6 Å². The third kappa shape index (κ3) is 6.67. The lowest BCUT2D eigenvalue weighted by Gasteiger charge is -2.35. The van der Waals surface area contributed by atoms with Gasteiger partial charge >= 0.3 is 0 Å². The molecule has 0 aromatic heterocycles. The van der Waals surface area contributed by atoms with Crippen molar-refractivity contribution >= 4 is 10.0 Å². The summed E-state index contributed by atoms with van der Waals surface area (Å²) in [4.78, 5) is 2.61. The van der Waals surface area contributed by atoms with E-state index in [-0.39, 0.29) is 11.9 Å². The minimum Gasteiger partial charge on any atom is -0.303 e. The molecule has 6 heteroatoms. The van der Waals surface area contributed by atoms with Crippen molar-refractivity contribution in [3.8, 4) is 0 Å². The molecule has 0 spiro atoms. The fourth-order valence-electron chi connectivity index (χ4n) is 6.01. The number of nitrogens with zero attached hydrogens (tertiary/aromatic N) is 2. The fourth-order valence-corrected chi connectivity index (χ4v) is 6.72. The summed E-state index contributed by atoms with van der Waals surface area (Å²) in [5, 5.41) is 0. The van der Waals surface area contributed by atoms with E-state index in [0.29, 0.717) is 11.8 Å². The van der Waals surface area contributed by atoms with Crippen LogP contribution in [0.5, 0.6) is 0 Å². The van der Waals surface area contributed by atoms with Gasteiger partial charge in [0, 0.05) is 19.6 Å². The van der Waals surface area contributed by atoms with E-state index in [9.17, 15) is 12.8 Å². The van der Waals surface area contributed by atoms with Gasteiger partial charge in [0.15, 0.2) is 0 Å². The summed E-state index contributed by atoms with van der Waals surface area (Å²) >= 11 is 0. The van der Waals surface area contributed by atoms with E-state index in [4.69, 9.17) is 0 Å². The van der Waals surface area contributed by atoms with Crippen LogP contribution in [0.2, 0.25) is 0 Å². The lowest BCUT2D eigenvalue weighted by atomic mass is 9.87. The van der Waals surface area contributed by atoms with Gasteiger partial charge in [0.25, 0.3) is 0 Å². The molecule has 1 saturated carbocycles. The number of rotatable bonds is 9. The number of halogens is 1. The lowest BCUT2D eigenvalue weighted by molar-refractivity contribution is 0.150. The van der Waals surface area contributed by atoms with Gasteiger partial charge in [0.05, 0.1) is 6.26 Å². The number of hydrogen-bond donors (Lipinski definition) is 0. The van der Waals surface area contributed by atoms with Gasteiger partial charge in [-0.3, -0.25) is 0 Å². The molecule has 4 rings (SSSR count). The van der Waals surface area contributed by atoms with E-state index in [2.05, 4.69) is 35.2 Å². The van der Waals surface area contributed by atoms with Gasteiger partial charge in [0.1, 0.15) is 5.82 Å². The summed E-state index contributed by atoms with van der Waals surface area (Å²) < 4.78 is 39.0. The van der Waals surface area contributed by atoms with Crippen LogP contribution in [0.3, 0.4) is 0 Å². The van der Waals surface area contributed by atoms with E-state index >= 15 is 0 Å². The first-order chi connectivity index (χ1) is 16.3. The van der Waals surface area contributed by atoms with Gasteiger partial charge in [0.2, 0.25) is 10.0 Å². The maximum Gasteiger partial charge on any atom is 0.211 e. The fraction of sp³-hybridized carbons (Fsp3) is 0.571. The minimum atomic E-state index is -3.19. The highest BCUT2D eigenvalue weighted by Gasteiger charge is 2.40. The van der Waals surface area contributed by atoms with E-state index in [1.807, 2.05) is 12.1 Å². The maximum absolute atomic E-state index is 13.1. The maximum atomic E-state index is 13.1. The molecule has 2 aromatic carbocycles. The summed E-state index contributed by atoms with van der Waals surface area (Å²) in [5.74, 6) is 1.49. The van der Waals surface area contributed by atoms with Crippen molar-refractivity contribution in [3.05, 3.63) is 71.5 Å². The number of aryl methyl sites for hydroxylation is 1. The molecule has 3 atom stereocenters. The van der Waals surface area contributed by atoms with Crippen molar-refractivity contribution in [2.45, 2.75) is 56.9 Å². The first-order valence-electron chi connectivity index (χ1n) is 12.7. The topological polar surface area (TPSA) is 40.6 Å². The van der Waals surface area contributed by atoms with Crippen LogP contribution in [0.15, 0.2) is 54.6 Å². The Morgan fingerprint density at radius 2 is 1.68 bits per heavy atom. The summed E-state index contributed by atoms with van der Waals surface area (Å²) in [5.41, 5.74) is 2.56. The average Bonchev–Trinajstić information content (AvgIpc) is 3.24. The molecule has 2 aromatic rings. The van der Waals surface area contributed by atoms with Gasteiger partial charge in [-0.25, -0.2) is 17.1 Å². The van der Waals surface area contributed by atoms with Crippen LogP contribution in [0.4, 0.5) is 4.39 Å². The molecule has 1 aliphatic carbocycles. The summed E-state index contributed by atoms with van der Waals surface area (Å²) in [6.45, 7) is 3.31. The third-order valence-corrected chi connectivity index (χ3v) is 9.47. The van der Waals surface area contributed by atoms with Gasteiger partial charge in [-0.2, -0.15) is 0 Å². The van der Waals surface area contributed by atoms with Crippen LogP contribution in [-0.2, 0) is 16.4 Å². The zero-order valence-corrected chi connectivity index (χ0v) is 21.4. The summed E-state index contributed by atoms with van der Waals surface area (Å²) in [6.07, 6.45) is 9.04. The molecule has 186 valence electrons. The Bertz CT molecular complexity index is 1000. The van der Waals surface area contributed by atoms with Crippen molar-refractivity contribution in [3.63, 3.8) is 0 Å². The molecule has 0 amide bonds. The Morgan fingerprint density at radius 3 is 2.32 bits per heavy atom. The van der Waals surface area contributed by atoms with Gasteiger partial charge in [-0.1, -0.05) is 48.9 Å². The van der Waals surface area contributed by atoms with Crippen LogP contribution >= 0.6 is 0 Å². The molecule has 2 fully saturated rings. The molecule has 0 bridgehead atoms. The van der Waals surface area contributed by atoms with Crippen LogP contribution in [0.25, 0.3) is 0 Å². The molecule has 4 nitrogen and oxygen atoms in total. The first kappa shape index (κ1) is 25.3. The van der Waals surface area contributed by atoms with Crippen LogP contribution in [0, 0.1) is 17.7 Å². The molecular formula is C28H39FN2O2S. The normalized spacial score (nSPS) is 24.6. The van der Waals surface area contributed by atoms with E-state index in [1.54, 1.807) is 23.5 Å². The SMILES string of the molecule is CN([C@H]1C[C@H](CN2CCC(CCCc3ccc(F)cc3)CC2)[C@@H](c2ccccc2)C1)S(C)(=O)=O. The molecule has 0 N–H and O–H groups in total. The monoisotopic (exact) mass is 486 g/mol. The number of hydrogen-bond acceptors (Lipinski definition) is 3. The second-order valence-corrected chi connectivity index (χ2v) is 12.5. The number of sulfonamides is 1. The van der Waals surface area contributed by atoms with Gasteiger partial charge in [-0.05, 0) is 92.6 Å². The second kappa shape index (κ2) is 11.3. The minimum absolute atomic E-state index is 0.0780. The average molecular weight is 487 g/mol. The van der Waals surface area contributed by atoms with Crippen molar-refractivity contribution in [1.29, 1.82) is 0 Å². The standard InChI is InChI=1S/C28H39FN2O2S/c1-30(34(2,32)33)27-19-25(28(20-27)24-9-4-3-5-10-24)21-31-17-15-23(16-18-31)8-6-7-22-11-13-26(29)14-12-22/h3-5,9-14,23,25,27-28H,6-8,15-21H2,1-2H3/t25-,27+,28-/m1/s1. The first-order valence-corrected chi connectivity index (χ1v) is 14.6. The highest BCUT2D eigenvalue weighted by Crippen LogP contribution is 2.43. The summed E-state index contributed by atoms with van der Waals surface area (Å²) in [6, 6.07) is 17.6. The quantitative estimate of drug-likeness (QED) is 0.482. The highest BCUT2D eigenvalue weighted by atomic mass is 32.2. The molecule has 2 aliphatic rings. The zero-order valence-electron chi connectivity index (χ0n) is 20.6. The molecule has 0 radical (unpaired) electrons. The van der Waals surface area contributed by atoms with Crippen molar-refractivity contribution in [2.75, 3.05) is 32.9 Å². The predicted octanol–water partition coefficient (Wildman–Crippen LogP) is 5.31. The second-order valence-electron chi connectivity index (χ2n) is 10.4. The number of piperidine rings is 1. The van der Waals surface area contributed by atoms with Crippen LogP contribution in [-0.4, -0.2) is 56.6 Å². The largest absolute Gasteiger partial charge is 0.303 e. The van der Waals surface area contributed by atoms with Crippen molar-refractivity contribution in [1.82, 2.24) is 9.21 Å². The highest BCUT2D eigenvalue weighted by molar-refractivity contribution is 7.88. The Kier molecular flexibility index (Phi) is 8.43. The number of benzene rings is 2. The molecule has 34 heavy (non-hydrogen) atoms. The molecular weight excluding hydrogens is 447 g/mol. The van der Waals surface area contributed by atoms with Gasteiger partial charge < -0.3 is 4.90 Å². The Hall–Kier alpha value is -1.76. The van der Waals surface area contributed by atoms with Crippen molar-refractivity contribution in [2.24, 2.45) is 11.8 Å². The molecule has 1 saturated heterocycles. The van der Waals surface area contributed by atoms with E-state index in [1.165, 1.54) is 36.6 Å². The van der Waals surface area contributed by atoms with Gasteiger partial charge in [-0.15, -0.1) is 0 Å². The van der Waals surface area contributed by atoms with Crippen molar-refractivity contribution < 1.29 is 12.8 Å². The summed E-state index contributed by atoms with van der Waals surface area (Å²) in [7, 11) is -1.45. The van der Waals surface area contributed by atoms with E-state index in [0.717, 1.165) is 51.2 Å². The number of likely N-dealkylation sites (tertiary alicyclic amines) is 1. The van der Waals surface area contributed by atoms with E-state index < -0.39 is 10.0 Å². The lowest BCUT2D eigenvalue weighted by Crippen LogP contribution is -2.38. The smallest absolute Gasteiger partial charge is 0.211 e. The van der Waals surface area contributed by atoms with Crippen LogP contribution < -0.4 is 0 Å². The Balaban J connectivity index is 1.29. The molecule has 0 unspecified atom stereocenters. The third-order valence-electron chi connectivity index (χ3n) is 8.13. The zero-order chi connectivity index (χ0) is 24.1.